The number of benzene rings is 3. The number of piperidine rings is 1. The fourth-order valence-corrected chi connectivity index (χ4v) is 5.68. The molecule has 2 saturated heterocycles. The summed E-state index contributed by atoms with van der Waals surface area (Å²) in [7, 11) is 0. The molecule has 3 aromatic carbocycles. The molecule has 43 heavy (non-hydrogen) atoms. The normalized spacial score (nSPS) is 16.3. The van der Waals surface area contributed by atoms with E-state index in [4.69, 9.17) is 11.0 Å². The van der Waals surface area contributed by atoms with E-state index in [0.29, 0.717) is 54.5 Å². The lowest BCUT2D eigenvalue weighted by atomic mass is 10.1. The van der Waals surface area contributed by atoms with Gasteiger partial charge in [0.05, 0.1) is 24.4 Å². The van der Waals surface area contributed by atoms with E-state index in [0.717, 1.165) is 55.0 Å². The molecule has 2 fully saturated rings. The van der Waals surface area contributed by atoms with Crippen LogP contribution in [0.2, 0.25) is 0 Å². The monoisotopic (exact) mass is 588 g/mol. The van der Waals surface area contributed by atoms with Crippen molar-refractivity contribution in [1.29, 1.82) is 0 Å². The highest BCUT2D eigenvalue weighted by Crippen LogP contribution is 2.37. The molecule has 0 aliphatic carbocycles. The first-order chi connectivity index (χ1) is 20.8. The van der Waals surface area contributed by atoms with Crippen molar-refractivity contribution in [3.63, 3.8) is 0 Å². The topological polar surface area (TPSA) is 69.2 Å². The van der Waals surface area contributed by atoms with Crippen LogP contribution in [0.4, 0.5) is 35.9 Å². The molecule has 0 radical (unpaired) electrons. The number of aromatic nitrogens is 1. The second kappa shape index (κ2) is 12.0. The highest BCUT2D eigenvalue weighted by atomic mass is 19.4. The second-order valence-electron chi connectivity index (χ2n) is 10.9. The van der Waals surface area contributed by atoms with E-state index in [1.807, 2.05) is 28.0 Å². The Bertz CT molecular complexity index is 1630. The molecule has 2 aliphatic heterocycles. The summed E-state index contributed by atoms with van der Waals surface area (Å²) in [4.78, 5) is 27.4. The van der Waals surface area contributed by atoms with Gasteiger partial charge in [0.25, 0.3) is 0 Å². The number of carbonyl (C=O) groups excluding carboxylic acids is 1. The van der Waals surface area contributed by atoms with E-state index in [1.165, 1.54) is 18.6 Å². The summed E-state index contributed by atoms with van der Waals surface area (Å²) >= 11 is 0. The number of anilines is 3. The Hall–Kier alpha value is -4.56. The van der Waals surface area contributed by atoms with Gasteiger partial charge in [-0.25, -0.2) is 9.83 Å². The number of oxazole rings is 1. The number of halogens is 3. The molecular weight excluding hydrogens is 557 g/mol. The van der Waals surface area contributed by atoms with Crippen LogP contribution in [-0.2, 0) is 11.0 Å². The van der Waals surface area contributed by atoms with Gasteiger partial charge >= 0.3 is 6.18 Å². The summed E-state index contributed by atoms with van der Waals surface area (Å²) in [6.07, 6.45) is -0.932. The summed E-state index contributed by atoms with van der Waals surface area (Å²) in [6.45, 7) is 12.1. The number of fused-ring (bicyclic) bond motifs is 1. The van der Waals surface area contributed by atoms with Crippen LogP contribution in [0.3, 0.4) is 0 Å². The lowest BCUT2D eigenvalue weighted by Crippen LogP contribution is -2.48. The minimum atomic E-state index is -4.35. The molecule has 0 spiro atoms. The van der Waals surface area contributed by atoms with Crippen LogP contribution in [-0.4, -0.2) is 61.6 Å². The molecule has 1 N–H and O–H groups in total. The number of piperazine rings is 1. The highest BCUT2D eigenvalue weighted by molar-refractivity contribution is 5.93. The Morgan fingerprint density at radius 3 is 2.26 bits per heavy atom. The van der Waals surface area contributed by atoms with Gasteiger partial charge in [0.1, 0.15) is 5.52 Å². The van der Waals surface area contributed by atoms with Gasteiger partial charge in [0.15, 0.2) is 11.3 Å². The van der Waals surface area contributed by atoms with Crippen molar-refractivity contribution in [2.45, 2.75) is 25.4 Å². The van der Waals surface area contributed by atoms with Crippen molar-refractivity contribution in [3.05, 3.63) is 77.6 Å². The molecule has 6 rings (SSSR count). The predicted molar refractivity (Wildman–Crippen MR) is 160 cm³/mol. The molecular formula is C32H31F3N6O2. The third-order valence-corrected chi connectivity index (χ3v) is 8.00. The molecule has 1 amide bonds. The largest absolute Gasteiger partial charge is 0.434 e. The first kappa shape index (κ1) is 28.6. The molecule has 8 nitrogen and oxygen atoms in total. The molecule has 4 aromatic rings. The average molecular weight is 589 g/mol. The van der Waals surface area contributed by atoms with Gasteiger partial charge in [0, 0.05) is 56.2 Å². The predicted octanol–water partition coefficient (Wildman–Crippen LogP) is 6.82. The fraction of sp³-hybridized carbons (Fsp3) is 0.344. The van der Waals surface area contributed by atoms with E-state index in [2.05, 4.69) is 20.0 Å². The van der Waals surface area contributed by atoms with E-state index in [-0.39, 0.29) is 12.5 Å². The Labute approximate surface area is 247 Å². The number of rotatable bonds is 6. The minimum absolute atomic E-state index is 0.143. The lowest BCUT2D eigenvalue weighted by molar-refractivity contribution is -0.137. The fourth-order valence-electron chi connectivity index (χ4n) is 5.68. The summed E-state index contributed by atoms with van der Waals surface area (Å²) in [5.74, 6) is 0.314. The van der Waals surface area contributed by atoms with Gasteiger partial charge in [-0.15, -0.1) is 0 Å². The van der Waals surface area contributed by atoms with E-state index >= 15 is 0 Å². The smallest absolute Gasteiger partial charge is 0.416 e. The van der Waals surface area contributed by atoms with Gasteiger partial charge in [-0.1, -0.05) is 0 Å². The number of amides is 1. The number of hydrogen-bond acceptors (Lipinski definition) is 6. The molecule has 3 heterocycles. The third-order valence-electron chi connectivity index (χ3n) is 8.00. The van der Waals surface area contributed by atoms with Crippen molar-refractivity contribution in [2.24, 2.45) is 0 Å². The van der Waals surface area contributed by atoms with Crippen LogP contribution >= 0.6 is 0 Å². The first-order valence-corrected chi connectivity index (χ1v) is 14.4. The number of carbonyl (C=O) groups is 1. The standard InChI is InChI=1S/C32H31F3N6O2/c1-36-25-19-27-30(28(20-25)41-13-3-2-4-14-41)43-31(38-27)22-5-9-24(10-6-22)37-29(42)21-39-15-17-40(18-16-39)26-11-7-23(8-12-26)32(33,34)35/h5-12,19-20H,2-4,13-18,21H2,(H,37,42). The molecule has 1 aromatic heterocycles. The Morgan fingerprint density at radius 2 is 1.60 bits per heavy atom. The zero-order valence-electron chi connectivity index (χ0n) is 23.5. The average Bonchev–Trinajstić information content (AvgIpc) is 3.45. The summed E-state index contributed by atoms with van der Waals surface area (Å²) < 4.78 is 44.8. The van der Waals surface area contributed by atoms with Crippen molar-refractivity contribution in [1.82, 2.24) is 9.88 Å². The maximum atomic E-state index is 12.8. The highest BCUT2D eigenvalue weighted by Gasteiger charge is 2.30. The molecule has 2 aliphatic rings. The number of hydrogen-bond donors (Lipinski definition) is 1. The van der Waals surface area contributed by atoms with Crippen molar-refractivity contribution in [3.8, 4) is 11.5 Å². The molecule has 222 valence electrons. The van der Waals surface area contributed by atoms with E-state index < -0.39 is 11.7 Å². The van der Waals surface area contributed by atoms with Crippen LogP contribution < -0.4 is 15.1 Å². The van der Waals surface area contributed by atoms with Gasteiger partial charge in [-0.2, -0.15) is 13.2 Å². The first-order valence-electron chi connectivity index (χ1n) is 14.4. The SMILES string of the molecule is [C-]#[N+]c1cc(N2CCCCC2)c2oc(-c3ccc(NC(=O)CN4CCN(c5ccc(C(F)(F)F)cc5)CC4)cc3)nc2c1. The van der Waals surface area contributed by atoms with Crippen LogP contribution in [0.25, 0.3) is 27.4 Å². The second-order valence-corrected chi connectivity index (χ2v) is 10.9. The number of nitrogens with one attached hydrogen (secondary N) is 1. The Morgan fingerprint density at radius 1 is 0.907 bits per heavy atom. The van der Waals surface area contributed by atoms with Crippen molar-refractivity contribution in [2.75, 3.05) is 60.9 Å². The maximum absolute atomic E-state index is 12.8. The zero-order chi connectivity index (χ0) is 30.0. The third kappa shape index (κ3) is 6.44. The zero-order valence-corrected chi connectivity index (χ0v) is 23.5. The van der Waals surface area contributed by atoms with Gasteiger partial charge < -0.3 is 19.5 Å². The number of alkyl halides is 3. The van der Waals surface area contributed by atoms with E-state index in [1.54, 1.807) is 18.2 Å². The molecule has 0 unspecified atom stereocenters. The van der Waals surface area contributed by atoms with Crippen molar-refractivity contribution < 1.29 is 22.4 Å². The Balaban J connectivity index is 1.05. The van der Waals surface area contributed by atoms with Gasteiger partial charge in [-0.05, 0) is 79.9 Å². The number of nitrogens with zero attached hydrogens (tertiary/aromatic N) is 5. The summed E-state index contributed by atoms with van der Waals surface area (Å²) in [5.41, 5.74) is 4.27. The Kier molecular flexibility index (Phi) is 7.95. The summed E-state index contributed by atoms with van der Waals surface area (Å²) in [5, 5.41) is 2.93. The molecule has 0 atom stereocenters. The van der Waals surface area contributed by atoms with Crippen molar-refractivity contribution >= 4 is 39.8 Å². The van der Waals surface area contributed by atoms with Gasteiger partial charge in [-0.3, -0.25) is 9.69 Å². The van der Waals surface area contributed by atoms with Crippen LogP contribution in [0, 0.1) is 6.57 Å². The van der Waals surface area contributed by atoms with E-state index in [9.17, 15) is 18.0 Å². The summed E-state index contributed by atoms with van der Waals surface area (Å²) in [6, 6.07) is 16.1. The van der Waals surface area contributed by atoms with Gasteiger partial charge in [0.2, 0.25) is 11.8 Å². The minimum Gasteiger partial charge on any atom is -0.434 e. The van der Waals surface area contributed by atoms with Crippen LogP contribution in [0.1, 0.15) is 24.8 Å². The van der Waals surface area contributed by atoms with Crippen LogP contribution in [0.5, 0.6) is 0 Å². The quantitative estimate of drug-likeness (QED) is 0.250. The molecule has 0 bridgehead atoms. The molecule has 11 heteroatoms. The lowest BCUT2D eigenvalue weighted by Gasteiger charge is -2.35. The maximum Gasteiger partial charge on any atom is 0.416 e. The van der Waals surface area contributed by atoms with Crippen LogP contribution in [0.15, 0.2) is 65.1 Å². The molecule has 0 saturated carbocycles.